The van der Waals surface area contributed by atoms with Crippen LogP contribution in [0.3, 0.4) is 0 Å². The molecule has 0 amide bonds. The molecule has 9 aromatic heterocycles. The summed E-state index contributed by atoms with van der Waals surface area (Å²) < 4.78 is 24.8. The smallest absolute Gasteiger partial charge is 0.241 e. The van der Waals surface area contributed by atoms with Crippen LogP contribution in [0.5, 0.6) is 0 Å². The summed E-state index contributed by atoms with van der Waals surface area (Å²) in [5, 5.41) is 17.0. The van der Waals surface area contributed by atoms with Crippen molar-refractivity contribution in [2.75, 3.05) is 0 Å². The van der Waals surface area contributed by atoms with Crippen molar-refractivity contribution in [2.24, 2.45) is 0 Å². The lowest BCUT2D eigenvalue weighted by Gasteiger charge is -2.32. The topological polar surface area (TPSA) is 141 Å². The Balaban J connectivity index is 0.719. The van der Waals surface area contributed by atoms with E-state index in [1.54, 1.807) is 0 Å². The molecule has 25 aromatic rings. The zero-order valence-corrected chi connectivity index (χ0v) is 65.6. The minimum Gasteiger partial charge on any atom is -0.456 e. The van der Waals surface area contributed by atoms with Crippen molar-refractivity contribution in [1.82, 2.24) is 57.6 Å². The van der Waals surface area contributed by atoms with Gasteiger partial charge in [-0.3, -0.25) is 18.1 Å². The molecule has 9 heterocycles. The summed E-state index contributed by atoms with van der Waals surface area (Å²) in [5.41, 5.74) is 16.0. The van der Waals surface area contributed by atoms with Crippen LogP contribution in [0, 0.1) is 0 Å². The molecule has 0 aliphatic rings. The molecule has 556 valence electrons. The van der Waals surface area contributed by atoms with Crippen molar-refractivity contribution in [3.05, 3.63) is 388 Å². The monoisotopic (exact) mass is 1560 g/mol. The van der Waals surface area contributed by atoms with E-state index in [0.29, 0.717) is 40.5 Å². The zero-order valence-electron chi connectivity index (χ0n) is 63.6. The van der Waals surface area contributed by atoms with Crippen molar-refractivity contribution in [1.29, 1.82) is 0 Å². The second-order valence-corrected chi connectivity index (χ2v) is 38.0. The molecule has 119 heavy (non-hydrogen) atoms. The lowest BCUT2D eigenvalue weighted by molar-refractivity contribution is 0.669. The normalized spacial score (nSPS) is 12.4. The van der Waals surface area contributed by atoms with E-state index in [9.17, 15) is 0 Å². The zero-order chi connectivity index (χ0) is 78.0. The number of rotatable bonds is 13. The largest absolute Gasteiger partial charge is 0.456 e. The Bertz CT molecular complexity index is 8350. The summed E-state index contributed by atoms with van der Waals surface area (Å²) >= 11 is 0. The first-order chi connectivity index (χ1) is 59.0. The van der Waals surface area contributed by atoms with E-state index in [-0.39, 0.29) is 0 Å². The first-order valence-electron chi connectivity index (χ1n) is 40.0. The maximum Gasteiger partial charge on any atom is 0.241 e. The van der Waals surface area contributed by atoms with Crippen LogP contribution in [-0.2, 0) is 0 Å². The number of benzene rings is 16. The fourth-order valence-electron chi connectivity index (χ4n) is 19.4. The second kappa shape index (κ2) is 25.9. The van der Waals surface area contributed by atoms with E-state index in [1.165, 1.54) is 0 Å². The van der Waals surface area contributed by atoms with Crippen LogP contribution in [0.25, 0.3) is 172 Å². The Morgan fingerprint density at radius 2 is 0.580 bits per heavy atom. The molecule has 0 radical (unpaired) electrons. The minimum atomic E-state index is -3.76. The van der Waals surface area contributed by atoms with Gasteiger partial charge in [-0.2, -0.15) is 9.97 Å². The molecule has 16 aromatic carbocycles. The van der Waals surface area contributed by atoms with Gasteiger partial charge in [-0.05, 0) is 128 Å². The predicted molar refractivity (Wildman–Crippen MR) is 487 cm³/mol. The lowest BCUT2D eigenvalue weighted by Crippen LogP contribution is -2.76. The van der Waals surface area contributed by atoms with Gasteiger partial charge in [0.05, 0.1) is 55.2 Å². The highest BCUT2D eigenvalue weighted by molar-refractivity contribution is 7.20. The molecule has 25 rings (SSSR count). The van der Waals surface area contributed by atoms with E-state index in [0.717, 1.165) is 174 Å². The highest BCUT2D eigenvalue weighted by atomic mass is 28.3. The number of aromatic nitrogens is 12. The van der Waals surface area contributed by atoms with Crippen LogP contribution in [0.2, 0.25) is 0 Å². The fourth-order valence-corrected chi connectivity index (χ4v) is 28.3. The Kier molecular flexibility index (Phi) is 14.5. The number of hydrogen-bond donors (Lipinski definition) is 0. The maximum absolute atomic E-state index is 7.18. The summed E-state index contributed by atoms with van der Waals surface area (Å²) in [5.74, 6) is 2.56. The Morgan fingerprint density at radius 1 is 0.210 bits per heavy atom. The maximum atomic E-state index is 7.18. The molecule has 0 bridgehead atoms. The van der Waals surface area contributed by atoms with Gasteiger partial charge in [0.1, 0.15) is 33.2 Å². The third kappa shape index (κ3) is 9.71. The van der Waals surface area contributed by atoms with Gasteiger partial charge >= 0.3 is 0 Å². The van der Waals surface area contributed by atoms with Crippen LogP contribution in [0.1, 0.15) is 0 Å². The van der Waals surface area contributed by atoms with E-state index in [1.807, 2.05) is 24.3 Å². The van der Waals surface area contributed by atoms with Crippen molar-refractivity contribution >= 4 is 195 Å². The first kappa shape index (κ1) is 66.7. The molecule has 0 fully saturated rings. The van der Waals surface area contributed by atoms with Gasteiger partial charge < -0.3 is 8.83 Å². The summed E-state index contributed by atoms with van der Waals surface area (Å²) in [7, 11) is -7.37. The molecule has 0 atom stereocenters. The van der Waals surface area contributed by atoms with Gasteiger partial charge in [-0.1, -0.05) is 297 Å². The van der Waals surface area contributed by atoms with Crippen LogP contribution in [-0.4, -0.2) is 73.7 Å². The molecule has 0 saturated carbocycles. The van der Waals surface area contributed by atoms with E-state index >= 15 is 0 Å². The average Bonchev–Trinajstić information content (AvgIpc) is 1.65. The Labute approximate surface area is 680 Å². The summed E-state index contributed by atoms with van der Waals surface area (Å²) in [6.07, 6.45) is 0. The van der Waals surface area contributed by atoms with Crippen molar-refractivity contribution in [3.63, 3.8) is 0 Å². The van der Waals surface area contributed by atoms with Crippen molar-refractivity contribution in [3.8, 4) is 34.9 Å². The van der Waals surface area contributed by atoms with Gasteiger partial charge in [0.15, 0.2) is 0 Å². The third-order valence-electron chi connectivity index (χ3n) is 24.5. The molecule has 0 aliphatic carbocycles. The Morgan fingerprint density at radius 3 is 1.09 bits per heavy atom. The van der Waals surface area contributed by atoms with Crippen LogP contribution in [0.15, 0.2) is 397 Å². The number of furan rings is 2. The van der Waals surface area contributed by atoms with Gasteiger partial charge in [0.25, 0.3) is 0 Å². The van der Waals surface area contributed by atoms with Crippen molar-refractivity contribution in [2.45, 2.75) is 0 Å². The van der Waals surface area contributed by atoms with E-state index in [2.05, 4.69) is 387 Å². The number of hydrogen-bond acceptors (Lipinski definition) is 9. The van der Waals surface area contributed by atoms with Gasteiger partial charge in [-0.25, -0.2) is 29.5 Å². The molecular weight excluding hydrogens is 1490 g/mol. The van der Waals surface area contributed by atoms with Crippen molar-refractivity contribution < 1.29 is 8.83 Å². The SMILES string of the molecule is c1ccc([Si](c2ccccc2)(c2ccc3oc4ccccc4c3c2)c2nc(-n3c4ccccc4c4ccccc43)nc(-n3c4ccccc4c4cc(-c5ccc6c(c5)c5ccccc5n6-c5nc(-n6c7ccccc7n7c8ccccc8nc67)nc([Si](c6ccccc6)(c6ccccc6)c6cccc7c6oc6ccccc67)n5)ccc43)n2)cc1. The van der Waals surface area contributed by atoms with Crippen LogP contribution in [0.4, 0.5) is 0 Å². The van der Waals surface area contributed by atoms with Gasteiger partial charge in [0.2, 0.25) is 45.7 Å². The summed E-state index contributed by atoms with van der Waals surface area (Å²) in [4.78, 5) is 41.1. The number of nitrogens with zero attached hydrogens (tertiary/aromatic N) is 12. The molecular formula is C103H64N12O2Si2. The highest BCUT2D eigenvalue weighted by Gasteiger charge is 2.49. The fraction of sp³-hybridized carbons (Fsp3) is 0. The van der Waals surface area contributed by atoms with Crippen LogP contribution < -0.4 is 42.0 Å². The molecule has 0 spiro atoms. The second-order valence-electron chi connectivity index (χ2n) is 30.7. The first-order valence-corrected chi connectivity index (χ1v) is 44.0. The standard InChI is InChI=1S/C103H64N12O2Si2/c1-5-30-67(31-6-1)118(68-32-7-2-8-33-68,71-58-61-94-81(64-71)77-43-18-27-53-92(77)116-94)101-107-97(111-83-46-20-13-38-72(83)73-39-14-21-47-84(73)111)105-98(108-101)112-85-48-22-15-40-74(85)79-62-65(56-59-87(79)112)66-57-60-88-80(63-66)75-41-16-23-49-86(75)113(88)99-106-100(115-91-52-26-25-51-90(91)114-89-50-24-19-45-82(89)104-103(114)115)110-102(109-99)119(69-34-9-3-10-35-69,70-36-11-4-12-37-70)95-55-29-44-78-76-42-17-28-54-93(76)117-96(78)95/h1-64H. The molecule has 0 aliphatic heterocycles. The van der Waals surface area contributed by atoms with Crippen LogP contribution >= 0.6 is 0 Å². The van der Waals surface area contributed by atoms with Gasteiger partial charge in [-0.15, -0.1) is 0 Å². The Hall–Kier alpha value is -15.8. The minimum absolute atomic E-state index is 0.424. The van der Waals surface area contributed by atoms with E-state index in [4.69, 9.17) is 43.7 Å². The number of para-hydroxylation sites is 11. The number of imidazole rings is 2. The molecule has 0 N–H and O–H groups in total. The average molecular weight is 1560 g/mol. The molecule has 0 saturated heterocycles. The van der Waals surface area contributed by atoms with Gasteiger partial charge in [0, 0.05) is 59.0 Å². The predicted octanol–water partition coefficient (Wildman–Crippen LogP) is 18.3. The highest BCUT2D eigenvalue weighted by Crippen LogP contribution is 2.41. The third-order valence-corrected chi connectivity index (χ3v) is 33.5. The number of fused-ring (bicyclic) bond motifs is 20. The molecule has 0 unspecified atom stereocenters. The summed E-state index contributed by atoms with van der Waals surface area (Å²) in [6, 6.07) is 138. The van der Waals surface area contributed by atoms with E-state index < -0.39 is 16.1 Å². The quantitative estimate of drug-likeness (QED) is 0.0815. The lowest BCUT2D eigenvalue weighted by atomic mass is 10.0. The molecule has 16 heteroatoms. The molecule has 14 nitrogen and oxygen atoms in total. The summed E-state index contributed by atoms with van der Waals surface area (Å²) in [6.45, 7) is 0.